The predicted octanol–water partition coefficient (Wildman–Crippen LogP) is 4.45. The number of nitrogens with one attached hydrogen (secondary N) is 1. The van der Waals surface area contributed by atoms with Crippen molar-refractivity contribution in [2.75, 3.05) is 17.6 Å². The van der Waals surface area contributed by atoms with Crippen LogP contribution >= 0.6 is 0 Å². The first kappa shape index (κ1) is 14.2. The van der Waals surface area contributed by atoms with Crippen molar-refractivity contribution in [2.24, 2.45) is 11.8 Å². The second kappa shape index (κ2) is 6.33. The summed E-state index contributed by atoms with van der Waals surface area (Å²) < 4.78 is 0. The van der Waals surface area contributed by atoms with Gasteiger partial charge < -0.3 is 11.1 Å². The maximum Gasteiger partial charge on any atom is 0.0743 e. The molecule has 0 atom stereocenters. The van der Waals surface area contributed by atoms with E-state index in [9.17, 15) is 0 Å². The Morgan fingerprint density at radius 1 is 1.14 bits per heavy atom. The summed E-state index contributed by atoms with van der Waals surface area (Å²) in [5.74, 6) is 1.73. The molecule has 2 aromatic rings. The molecule has 0 bridgehead atoms. The number of pyridine rings is 1. The average Bonchev–Trinajstić information content (AvgIpc) is 2.54. The molecule has 3 rings (SSSR count). The van der Waals surface area contributed by atoms with Gasteiger partial charge in [-0.25, -0.2) is 0 Å². The Morgan fingerprint density at radius 2 is 1.86 bits per heavy atom. The van der Waals surface area contributed by atoms with E-state index < -0.39 is 0 Å². The highest BCUT2D eigenvalue weighted by molar-refractivity contribution is 5.96. The van der Waals surface area contributed by atoms with Crippen LogP contribution in [0.15, 0.2) is 30.5 Å². The Labute approximate surface area is 127 Å². The Balaban J connectivity index is 1.69. The molecule has 1 fully saturated rings. The van der Waals surface area contributed by atoms with Crippen LogP contribution in [0.5, 0.6) is 0 Å². The minimum Gasteiger partial charge on any atom is -0.396 e. The first-order valence-corrected chi connectivity index (χ1v) is 8.15. The van der Waals surface area contributed by atoms with E-state index in [0.29, 0.717) is 0 Å². The molecule has 112 valence electrons. The lowest BCUT2D eigenvalue weighted by molar-refractivity contribution is 0.278. The lowest BCUT2D eigenvalue weighted by atomic mass is 9.81. The van der Waals surface area contributed by atoms with Crippen LogP contribution in [-0.4, -0.2) is 11.5 Å². The van der Waals surface area contributed by atoms with Crippen molar-refractivity contribution in [2.45, 2.75) is 39.0 Å². The first-order chi connectivity index (χ1) is 10.3. The summed E-state index contributed by atoms with van der Waals surface area (Å²) in [7, 11) is 0. The third-order valence-electron chi connectivity index (χ3n) is 4.92. The van der Waals surface area contributed by atoms with Gasteiger partial charge in [-0.15, -0.1) is 0 Å². The molecule has 0 spiro atoms. The van der Waals surface area contributed by atoms with Crippen molar-refractivity contribution in [1.82, 2.24) is 4.98 Å². The minimum absolute atomic E-state index is 0.746. The van der Waals surface area contributed by atoms with Crippen molar-refractivity contribution in [3.05, 3.63) is 30.5 Å². The summed E-state index contributed by atoms with van der Waals surface area (Å²) in [4.78, 5) is 4.39. The van der Waals surface area contributed by atoms with Crippen LogP contribution in [0, 0.1) is 11.8 Å². The molecule has 0 radical (unpaired) electrons. The molecule has 1 aliphatic rings. The molecule has 1 aromatic heterocycles. The summed E-state index contributed by atoms with van der Waals surface area (Å²) in [5.41, 5.74) is 8.92. The molecule has 3 nitrogen and oxygen atoms in total. The number of benzene rings is 1. The second-order valence-corrected chi connectivity index (χ2v) is 6.28. The van der Waals surface area contributed by atoms with Crippen LogP contribution < -0.4 is 11.1 Å². The number of anilines is 2. The van der Waals surface area contributed by atoms with Crippen LogP contribution in [0.4, 0.5) is 11.4 Å². The van der Waals surface area contributed by atoms with Gasteiger partial charge in [0.1, 0.15) is 0 Å². The molecule has 1 heterocycles. The van der Waals surface area contributed by atoms with Gasteiger partial charge in [0.2, 0.25) is 0 Å². The molecular formula is C18H25N3. The number of hydrogen-bond donors (Lipinski definition) is 2. The fourth-order valence-corrected chi connectivity index (χ4v) is 3.44. The normalized spacial score (nSPS) is 22.3. The number of nitrogens with two attached hydrogens (primary N) is 1. The monoisotopic (exact) mass is 283 g/mol. The van der Waals surface area contributed by atoms with Crippen LogP contribution in [0.2, 0.25) is 0 Å². The van der Waals surface area contributed by atoms with E-state index >= 15 is 0 Å². The van der Waals surface area contributed by atoms with Gasteiger partial charge in [-0.3, -0.25) is 4.98 Å². The van der Waals surface area contributed by atoms with E-state index in [2.05, 4.69) is 23.3 Å². The van der Waals surface area contributed by atoms with Crippen LogP contribution in [0.1, 0.15) is 39.0 Å². The van der Waals surface area contributed by atoms with Crippen LogP contribution in [0.3, 0.4) is 0 Å². The molecule has 21 heavy (non-hydrogen) atoms. The number of fused-ring (bicyclic) bond motifs is 1. The van der Waals surface area contributed by atoms with E-state index in [4.69, 9.17) is 5.73 Å². The second-order valence-electron chi connectivity index (χ2n) is 6.28. The largest absolute Gasteiger partial charge is 0.396 e. The number of para-hydroxylation sites is 1. The van der Waals surface area contributed by atoms with Crippen molar-refractivity contribution < 1.29 is 0 Å². The fourth-order valence-electron chi connectivity index (χ4n) is 3.44. The SMILES string of the molecule is CCC1CCC(CNc2c(N)cnc3ccccc23)CC1. The number of nitrogens with zero attached hydrogens (tertiary/aromatic N) is 1. The van der Waals surface area contributed by atoms with Crippen molar-refractivity contribution in [3.8, 4) is 0 Å². The van der Waals surface area contributed by atoms with E-state index in [1.54, 1.807) is 6.20 Å². The molecule has 3 heteroatoms. The molecule has 0 saturated heterocycles. The van der Waals surface area contributed by atoms with E-state index in [0.717, 1.165) is 40.7 Å². The first-order valence-electron chi connectivity index (χ1n) is 8.15. The van der Waals surface area contributed by atoms with Gasteiger partial charge >= 0.3 is 0 Å². The zero-order valence-corrected chi connectivity index (χ0v) is 12.8. The number of aromatic nitrogens is 1. The van der Waals surface area contributed by atoms with E-state index in [1.807, 2.05) is 18.2 Å². The summed E-state index contributed by atoms with van der Waals surface area (Å²) in [6.07, 6.45) is 8.55. The standard InChI is InChI=1S/C18H25N3/c1-2-13-7-9-14(10-8-13)11-21-18-15-5-3-4-6-17(15)20-12-16(18)19/h3-6,12-14H,2,7-11,19H2,1H3,(H,20,21). The molecule has 0 amide bonds. The lowest BCUT2D eigenvalue weighted by Gasteiger charge is -2.28. The van der Waals surface area contributed by atoms with E-state index in [1.165, 1.54) is 32.1 Å². The van der Waals surface area contributed by atoms with Gasteiger partial charge in [0, 0.05) is 11.9 Å². The minimum atomic E-state index is 0.746. The van der Waals surface area contributed by atoms with Crippen LogP contribution in [-0.2, 0) is 0 Å². The smallest absolute Gasteiger partial charge is 0.0743 e. The highest BCUT2D eigenvalue weighted by Gasteiger charge is 2.20. The molecule has 3 N–H and O–H groups in total. The fraction of sp³-hybridized carbons (Fsp3) is 0.500. The maximum absolute atomic E-state index is 6.12. The molecule has 0 aliphatic heterocycles. The summed E-state index contributed by atoms with van der Waals surface area (Å²) >= 11 is 0. The van der Waals surface area contributed by atoms with Gasteiger partial charge in [0.25, 0.3) is 0 Å². The number of nitrogen functional groups attached to an aromatic ring is 1. The topological polar surface area (TPSA) is 50.9 Å². The summed E-state index contributed by atoms with van der Waals surface area (Å²) in [6, 6.07) is 8.18. The predicted molar refractivity (Wildman–Crippen MR) is 90.4 cm³/mol. The highest BCUT2D eigenvalue weighted by Crippen LogP contribution is 2.32. The Kier molecular flexibility index (Phi) is 4.28. The van der Waals surface area contributed by atoms with E-state index in [-0.39, 0.29) is 0 Å². The van der Waals surface area contributed by atoms with Crippen molar-refractivity contribution >= 4 is 22.3 Å². The van der Waals surface area contributed by atoms with Gasteiger partial charge in [-0.1, -0.05) is 44.4 Å². The zero-order valence-electron chi connectivity index (χ0n) is 12.8. The number of hydrogen-bond acceptors (Lipinski definition) is 3. The summed E-state index contributed by atoms with van der Waals surface area (Å²) in [5, 5.41) is 4.72. The summed E-state index contributed by atoms with van der Waals surface area (Å²) in [6.45, 7) is 3.34. The zero-order chi connectivity index (χ0) is 14.7. The van der Waals surface area contributed by atoms with Crippen LogP contribution in [0.25, 0.3) is 10.9 Å². The number of rotatable bonds is 4. The van der Waals surface area contributed by atoms with Gasteiger partial charge in [0.05, 0.1) is 23.1 Å². The molecule has 1 saturated carbocycles. The average molecular weight is 283 g/mol. The third kappa shape index (κ3) is 3.12. The quantitative estimate of drug-likeness (QED) is 0.872. The highest BCUT2D eigenvalue weighted by atomic mass is 14.9. The maximum atomic E-state index is 6.12. The third-order valence-corrected chi connectivity index (χ3v) is 4.92. The lowest BCUT2D eigenvalue weighted by Crippen LogP contribution is -2.21. The molecule has 0 unspecified atom stereocenters. The Morgan fingerprint density at radius 3 is 2.62 bits per heavy atom. The van der Waals surface area contributed by atoms with Crippen molar-refractivity contribution in [3.63, 3.8) is 0 Å². The molecular weight excluding hydrogens is 258 g/mol. The molecule has 1 aliphatic carbocycles. The van der Waals surface area contributed by atoms with Gasteiger partial charge in [-0.05, 0) is 30.7 Å². The van der Waals surface area contributed by atoms with Gasteiger partial charge in [0.15, 0.2) is 0 Å². The molecule has 1 aromatic carbocycles. The van der Waals surface area contributed by atoms with Crippen molar-refractivity contribution in [1.29, 1.82) is 0 Å². The Hall–Kier alpha value is -1.77. The Bertz CT molecular complexity index is 600. The van der Waals surface area contributed by atoms with Gasteiger partial charge in [-0.2, -0.15) is 0 Å².